The standard InChI is InChI=1S/C57H49N7/c1-7-39(32-35-58-6)40-24-28-43(29-25-40)62(44-30-26-41(27-31-44)42-33-36-59-37-34-42)55-60-53(63-49-20-12-8-16-45(49)56(2,3)46-17-9-13-21-50(46)63)38-54(61-55)64-51-22-14-10-18-47(51)57(4,5)48-19-11-15-23-52(48)64/h7-38H,6H2,1-5H3/b35-32-,39-7+. The molecule has 7 nitrogen and oxygen atoms in total. The van der Waals surface area contributed by atoms with Crippen LogP contribution < -0.4 is 14.7 Å². The van der Waals surface area contributed by atoms with Crippen LogP contribution in [0.4, 0.5) is 51.7 Å². The van der Waals surface area contributed by atoms with Crippen LogP contribution in [-0.4, -0.2) is 21.7 Å². The van der Waals surface area contributed by atoms with Crippen LogP contribution in [0.3, 0.4) is 0 Å². The highest BCUT2D eigenvalue weighted by atomic mass is 15.3. The predicted molar refractivity (Wildman–Crippen MR) is 266 cm³/mol. The molecule has 0 spiro atoms. The smallest absolute Gasteiger partial charge is 0.238 e. The van der Waals surface area contributed by atoms with Crippen LogP contribution in [0.25, 0.3) is 16.7 Å². The molecule has 10 rings (SSSR count). The van der Waals surface area contributed by atoms with Gasteiger partial charge in [-0.2, -0.15) is 9.97 Å². The summed E-state index contributed by atoms with van der Waals surface area (Å²) in [5.74, 6) is 2.03. The van der Waals surface area contributed by atoms with Gasteiger partial charge in [-0.1, -0.05) is 131 Å². The Bertz CT molecular complexity index is 2870. The molecule has 2 aromatic heterocycles. The van der Waals surface area contributed by atoms with E-state index >= 15 is 0 Å². The molecule has 0 atom stereocenters. The van der Waals surface area contributed by atoms with Gasteiger partial charge < -0.3 is 0 Å². The number of rotatable bonds is 9. The third-order valence-corrected chi connectivity index (χ3v) is 12.9. The van der Waals surface area contributed by atoms with Crippen LogP contribution >= 0.6 is 0 Å². The number of hydrogen-bond donors (Lipinski definition) is 0. The van der Waals surface area contributed by atoms with Crippen molar-refractivity contribution in [3.63, 3.8) is 0 Å². The number of anilines is 9. The lowest BCUT2D eigenvalue weighted by molar-refractivity contribution is 0.630. The fourth-order valence-corrected chi connectivity index (χ4v) is 9.59. The maximum absolute atomic E-state index is 5.65. The third kappa shape index (κ3) is 6.77. The highest BCUT2D eigenvalue weighted by Gasteiger charge is 2.40. The number of nitrogens with zero attached hydrogens (tertiary/aromatic N) is 7. The quantitative estimate of drug-likeness (QED) is 0.107. The van der Waals surface area contributed by atoms with Crippen molar-refractivity contribution in [2.24, 2.45) is 4.99 Å². The lowest BCUT2D eigenvalue weighted by atomic mass is 9.73. The molecule has 0 radical (unpaired) electrons. The highest BCUT2D eigenvalue weighted by Crippen LogP contribution is 2.55. The molecule has 0 amide bonds. The zero-order chi connectivity index (χ0) is 44.0. The molecule has 7 heteroatoms. The average molecular weight is 832 g/mol. The normalized spacial score (nSPS) is 14.6. The van der Waals surface area contributed by atoms with Gasteiger partial charge in [0.2, 0.25) is 5.95 Å². The van der Waals surface area contributed by atoms with Gasteiger partial charge in [-0.05, 0) is 125 Å². The van der Waals surface area contributed by atoms with Crippen LogP contribution in [-0.2, 0) is 10.8 Å². The first kappa shape index (κ1) is 40.2. The Labute approximate surface area is 376 Å². The Hall–Kier alpha value is -7.90. The van der Waals surface area contributed by atoms with E-state index in [9.17, 15) is 0 Å². The van der Waals surface area contributed by atoms with Gasteiger partial charge in [0.1, 0.15) is 11.6 Å². The van der Waals surface area contributed by atoms with Crippen LogP contribution in [0.5, 0.6) is 0 Å². The van der Waals surface area contributed by atoms with E-state index in [-0.39, 0.29) is 10.8 Å². The highest BCUT2D eigenvalue weighted by molar-refractivity contribution is 5.90. The van der Waals surface area contributed by atoms with Crippen molar-refractivity contribution in [1.82, 2.24) is 15.0 Å². The molecule has 8 aromatic rings. The minimum Gasteiger partial charge on any atom is -0.294 e. The molecular formula is C57H49N7. The molecule has 312 valence electrons. The van der Waals surface area contributed by atoms with Crippen molar-refractivity contribution in [3.8, 4) is 11.1 Å². The monoisotopic (exact) mass is 831 g/mol. The fraction of sp³-hybridized carbons (Fsp3) is 0.123. The van der Waals surface area contributed by atoms with Crippen LogP contribution in [0.1, 0.15) is 62.4 Å². The average Bonchev–Trinajstić information content (AvgIpc) is 3.33. The van der Waals surface area contributed by atoms with Gasteiger partial charge in [-0.15, -0.1) is 0 Å². The van der Waals surface area contributed by atoms with Gasteiger partial charge in [-0.3, -0.25) is 24.7 Å². The summed E-state index contributed by atoms with van der Waals surface area (Å²) < 4.78 is 0. The van der Waals surface area contributed by atoms with Crippen LogP contribution in [0, 0.1) is 0 Å². The van der Waals surface area contributed by atoms with Crippen molar-refractivity contribution < 1.29 is 0 Å². The molecule has 6 aromatic carbocycles. The molecule has 0 unspecified atom stereocenters. The Morgan fingerprint density at radius 1 is 0.547 bits per heavy atom. The number of fused-ring (bicyclic) bond motifs is 4. The Kier molecular flexibility index (Phi) is 10.1. The van der Waals surface area contributed by atoms with E-state index in [4.69, 9.17) is 9.97 Å². The Morgan fingerprint density at radius 2 is 0.953 bits per heavy atom. The molecule has 0 fully saturated rings. The van der Waals surface area contributed by atoms with E-state index < -0.39 is 0 Å². The first-order valence-corrected chi connectivity index (χ1v) is 21.8. The number of aliphatic imine (C=N–C) groups is 1. The number of aromatic nitrogens is 3. The number of hydrogen-bond acceptors (Lipinski definition) is 7. The molecule has 0 saturated carbocycles. The summed E-state index contributed by atoms with van der Waals surface area (Å²) in [6.07, 6.45) is 9.43. The van der Waals surface area contributed by atoms with Gasteiger partial charge in [0.15, 0.2) is 0 Å². The van der Waals surface area contributed by atoms with Crippen LogP contribution in [0.15, 0.2) is 200 Å². The molecular weight excluding hydrogens is 783 g/mol. The van der Waals surface area contributed by atoms with E-state index in [1.54, 1.807) is 6.20 Å². The minimum absolute atomic E-state index is 0.244. The zero-order valence-electron chi connectivity index (χ0n) is 36.8. The van der Waals surface area contributed by atoms with Gasteiger partial charge in [-0.25, -0.2) is 0 Å². The van der Waals surface area contributed by atoms with Crippen molar-refractivity contribution >= 4 is 64.0 Å². The number of benzene rings is 6. The molecule has 2 aliphatic rings. The van der Waals surface area contributed by atoms with E-state index in [0.717, 1.165) is 68.0 Å². The van der Waals surface area contributed by atoms with Crippen molar-refractivity contribution in [2.75, 3.05) is 14.7 Å². The number of para-hydroxylation sites is 4. The van der Waals surface area contributed by atoms with Gasteiger partial charge in [0, 0.05) is 46.9 Å². The van der Waals surface area contributed by atoms with Crippen molar-refractivity contribution in [1.29, 1.82) is 0 Å². The molecule has 2 aliphatic heterocycles. The summed E-state index contributed by atoms with van der Waals surface area (Å²) in [7, 11) is 0. The van der Waals surface area contributed by atoms with Gasteiger partial charge in [0.25, 0.3) is 0 Å². The van der Waals surface area contributed by atoms with E-state index in [0.29, 0.717) is 5.95 Å². The third-order valence-electron chi connectivity index (χ3n) is 12.9. The zero-order valence-corrected chi connectivity index (χ0v) is 36.8. The maximum Gasteiger partial charge on any atom is 0.238 e. The second-order valence-corrected chi connectivity index (χ2v) is 17.3. The molecule has 0 bridgehead atoms. The summed E-state index contributed by atoms with van der Waals surface area (Å²) in [4.78, 5) is 26.3. The van der Waals surface area contributed by atoms with Gasteiger partial charge >= 0.3 is 0 Å². The fourth-order valence-electron chi connectivity index (χ4n) is 9.59. The van der Waals surface area contributed by atoms with E-state index in [1.165, 1.54) is 22.3 Å². The topological polar surface area (TPSA) is 60.8 Å². The van der Waals surface area contributed by atoms with E-state index in [1.807, 2.05) is 37.5 Å². The SMILES string of the molecule is C=N/C=C\C(=C/C)c1ccc(N(c2ccc(-c3ccncc3)cc2)c2nc(N3c4ccccc4C(C)(C)c4ccccc43)cc(N3c4ccccc4C(C)(C)c4ccccc43)n2)cc1. The predicted octanol–water partition coefficient (Wildman–Crippen LogP) is 14.8. The summed E-state index contributed by atoms with van der Waals surface area (Å²) in [5.41, 5.74) is 14.9. The maximum atomic E-state index is 5.65. The number of pyridine rings is 1. The first-order valence-electron chi connectivity index (χ1n) is 21.8. The van der Waals surface area contributed by atoms with Crippen LogP contribution in [0.2, 0.25) is 0 Å². The number of allylic oxidation sites excluding steroid dienone is 3. The summed E-state index contributed by atoms with van der Waals surface area (Å²) in [5, 5.41) is 0. The van der Waals surface area contributed by atoms with E-state index in [2.05, 4.69) is 217 Å². The first-order chi connectivity index (χ1) is 31.2. The van der Waals surface area contributed by atoms with Gasteiger partial charge in [0.05, 0.1) is 22.7 Å². The minimum atomic E-state index is -0.244. The molecule has 4 heterocycles. The second kappa shape index (κ2) is 16.1. The molecule has 64 heavy (non-hydrogen) atoms. The molecule has 0 saturated heterocycles. The summed E-state index contributed by atoms with van der Waals surface area (Å²) >= 11 is 0. The second-order valence-electron chi connectivity index (χ2n) is 17.3. The van der Waals surface area contributed by atoms with Crippen molar-refractivity contribution in [2.45, 2.75) is 45.4 Å². The molecule has 0 aliphatic carbocycles. The summed E-state index contributed by atoms with van der Waals surface area (Å²) in [6.45, 7) is 14.9. The lowest BCUT2D eigenvalue weighted by Gasteiger charge is -2.43. The molecule has 0 N–H and O–H groups in total. The summed E-state index contributed by atoms with van der Waals surface area (Å²) in [6, 6.07) is 58.3. The largest absolute Gasteiger partial charge is 0.294 e. The Morgan fingerprint density at radius 3 is 1.38 bits per heavy atom. The Balaban J connectivity index is 1.25. The lowest BCUT2D eigenvalue weighted by Crippen LogP contribution is -2.32. The van der Waals surface area contributed by atoms with Crippen molar-refractivity contribution in [3.05, 3.63) is 222 Å².